The first kappa shape index (κ1) is 97.1. The number of rotatable bonds is 77. The maximum Gasteiger partial charge on any atom is 0.472 e. The molecule has 0 aromatic carbocycles. The van der Waals surface area contributed by atoms with E-state index >= 15 is 0 Å². The average Bonchev–Trinajstić information content (AvgIpc) is 1.37. The number of aliphatic hydroxyl groups excluding tert-OH is 1. The summed E-state index contributed by atoms with van der Waals surface area (Å²) in [6.07, 6.45) is 55.7. The Hall–Kier alpha value is -1.94. The van der Waals surface area contributed by atoms with E-state index in [0.29, 0.717) is 25.7 Å². The predicted octanol–water partition coefficient (Wildman–Crippen LogP) is 23.6. The standard InChI is InChI=1S/C80H156O17P2/c1-9-73(8)59-51-43-38-39-45-53-61-78(83)91-67-76(97-80(85)63-55-47-37-29-25-21-17-16-19-23-27-33-41-49-57-71(4)5)69-95-99(88,89)93-65-74(81)64-92-98(86,87)94-68-75(66-90-77(82)60-52-44-35-31-30-34-42-50-58-72(6)7)96-79(84)62-54-46-36-28-24-20-15-13-11-10-12-14-18-22-26-32-40-48-56-70(2)3/h70-76,81H,9-69H2,1-8H3,(H,86,87)(H,88,89)/t73?,74-,75-,76-/m1/s1. The van der Waals surface area contributed by atoms with Crippen LogP contribution in [0.3, 0.4) is 0 Å². The fraction of sp³-hybridized carbons (Fsp3) is 0.950. The molecule has 0 saturated heterocycles. The van der Waals surface area contributed by atoms with E-state index in [9.17, 15) is 43.2 Å². The molecule has 0 aliphatic rings. The number of aliphatic hydroxyl groups is 1. The highest BCUT2D eigenvalue weighted by Gasteiger charge is 2.30. The molecule has 19 heteroatoms. The average molecular weight is 1450 g/mol. The molecule has 17 nitrogen and oxygen atoms in total. The monoisotopic (exact) mass is 1450 g/mol. The molecule has 3 unspecified atom stereocenters. The third-order valence-corrected chi connectivity index (χ3v) is 20.8. The summed E-state index contributed by atoms with van der Waals surface area (Å²) in [6.45, 7) is 14.2. The van der Waals surface area contributed by atoms with Crippen molar-refractivity contribution in [3.8, 4) is 0 Å². The van der Waals surface area contributed by atoms with Gasteiger partial charge in [-0.1, -0.05) is 357 Å². The first-order valence-corrected chi connectivity index (χ1v) is 44.2. The summed E-state index contributed by atoms with van der Waals surface area (Å²) in [5.74, 6) is 0.955. The van der Waals surface area contributed by atoms with Crippen LogP contribution in [-0.4, -0.2) is 96.7 Å². The molecule has 0 aliphatic carbocycles. The van der Waals surface area contributed by atoms with Crippen LogP contribution in [0.1, 0.15) is 409 Å². The maximum absolute atomic E-state index is 13.1. The SMILES string of the molecule is CCC(C)CCCCCCCCC(=O)OC[C@H](COP(=O)(O)OC[C@H](O)COP(=O)(O)OC[C@@H](COC(=O)CCCCCCCCCCC(C)C)OC(=O)CCCCCCCCCCCCCCCCCCCCC(C)C)OC(=O)CCCCCCCCCCCCCCCCC(C)C. The molecule has 0 radical (unpaired) electrons. The van der Waals surface area contributed by atoms with Gasteiger partial charge in [-0.05, 0) is 49.4 Å². The second kappa shape index (κ2) is 69.1. The lowest BCUT2D eigenvalue weighted by atomic mass is 10.00. The Morgan fingerprint density at radius 2 is 0.485 bits per heavy atom. The number of hydrogen-bond acceptors (Lipinski definition) is 15. The maximum atomic E-state index is 13.1. The van der Waals surface area contributed by atoms with Crippen molar-refractivity contribution in [3.63, 3.8) is 0 Å². The Morgan fingerprint density at radius 1 is 0.283 bits per heavy atom. The van der Waals surface area contributed by atoms with Crippen LogP contribution in [0.15, 0.2) is 0 Å². The second-order valence-corrected chi connectivity index (χ2v) is 33.4. The van der Waals surface area contributed by atoms with E-state index in [2.05, 4.69) is 55.4 Å². The van der Waals surface area contributed by atoms with Crippen molar-refractivity contribution in [2.75, 3.05) is 39.6 Å². The predicted molar refractivity (Wildman–Crippen MR) is 404 cm³/mol. The van der Waals surface area contributed by atoms with Crippen LogP contribution in [0, 0.1) is 23.7 Å². The molecular formula is C80H156O17P2. The van der Waals surface area contributed by atoms with E-state index in [1.807, 2.05) is 0 Å². The van der Waals surface area contributed by atoms with E-state index < -0.39 is 97.5 Å². The first-order valence-electron chi connectivity index (χ1n) is 41.2. The molecule has 0 bridgehead atoms. The zero-order valence-electron chi connectivity index (χ0n) is 65.1. The molecule has 99 heavy (non-hydrogen) atoms. The molecule has 3 N–H and O–H groups in total. The van der Waals surface area contributed by atoms with Gasteiger partial charge in [0.1, 0.15) is 19.3 Å². The first-order chi connectivity index (χ1) is 47.6. The molecule has 0 heterocycles. The molecule has 0 aliphatic heterocycles. The minimum absolute atomic E-state index is 0.106. The van der Waals surface area contributed by atoms with Crippen LogP contribution in [-0.2, 0) is 65.4 Å². The molecule has 588 valence electrons. The highest BCUT2D eigenvalue weighted by atomic mass is 31.2. The minimum atomic E-state index is -4.96. The smallest absolute Gasteiger partial charge is 0.462 e. The molecule has 0 rings (SSSR count). The zero-order chi connectivity index (χ0) is 73.1. The number of hydrogen-bond donors (Lipinski definition) is 3. The number of carbonyl (C=O) groups is 4. The number of phosphoric acid groups is 2. The summed E-state index contributed by atoms with van der Waals surface area (Å²) in [7, 11) is -9.92. The summed E-state index contributed by atoms with van der Waals surface area (Å²) < 4.78 is 68.6. The van der Waals surface area contributed by atoms with Gasteiger partial charge in [0.25, 0.3) is 0 Å². The Kier molecular flexibility index (Phi) is 67.8. The number of esters is 4. The van der Waals surface area contributed by atoms with Crippen molar-refractivity contribution in [2.24, 2.45) is 23.7 Å². The van der Waals surface area contributed by atoms with Gasteiger partial charge in [-0.2, -0.15) is 0 Å². The van der Waals surface area contributed by atoms with Gasteiger partial charge in [-0.25, -0.2) is 9.13 Å². The van der Waals surface area contributed by atoms with Gasteiger partial charge in [0.2, 0.25) is 0 Å². The van der Waals surface area contributed by atoms with Crippen LogP contribution in [0.2, 0.25) is 0 Å². The summed E-state index contributed by atoms with van der Waals surface area (Å²) in [5, 5.41) is 10.6. The molecule has 0 fully saturated rings. The van der Waals surface area contributed by atoms with Gasteiger partial charge >= 0.3 is 39.5 Å². The lowest BCUT2D eigenvalue weighted by Gasteiger charge is -2.21. The van der Waals surface area contributed by atoms with Crippen molar-refractivity contribution < 1.29 is 80.2 Å². The fourth-order valence-corrected chi connectivity index (χ4v) is 13.8. The topological polar surface area (TPSA) is 237 Å². The van der Waals surface area contributed by atoms with E-state index in [0.717, 1.165) is 120 Å². The van der Waals surface area contributed by atoms with Crippen LogP contribution in [0.5, 0.6) is 0 Å². The normalized spacial score (nSPS) is 14.3. The Labute approximate surface area is 607 Å². The van der Waals surface area contributed by atoms with Gasteiger partial charge in [-0.3, -0.25) is 37.3 Å². The third kappa shape index (κ3) is 72.8. The zero-order valence-corrected chi connectivity index (χ0v) is 66.9. The lowest BCUT2D eigenvalue weighted by molar-refractivity contribution is -0.161. The quantitative estimate of drug-likeness (QED) is 0.0222. The van der Waals surface area contributed by atoms with Gasteiger partial charge in [-0.15, -0.1) is 0 Å². The fourth-order valence-electron chi connectivity index (χ4n) is 12.2. The van der Waals surface area contributed by atoms with E-state index in [1.54, 1.807) is 0 Å². The largest absolute Gasteiger partial charge is 0.472 e. The lowest BCUT2D eigenvalue weighted by Crippen LogP contribution is -2.30. The van der Waals surface area contributed by atoms with Crippen LogP contribution < -0.4 is 0 Å². The van der Waals surface area contributed by atoms with E-state index in [1.165, 1.54) is 205 Å². The van der Waals surface area contributed by atoms with Gasteiger partial charge in [0.15, 0.2) is 12.2 Å². The van der Waals surface area contributed by atoms with Crippen molar-refractivity contribution in [1.29, 1.82) is 0 Å². The van der Waals surface area contributed by atoms with Gasteiger partial charge < -0.3 is 33.8 Å². The third-order valence-electron chi connectivity index (χ3n) is 18.9. The molecular weight excluding hydrogens is 1290 g/mol. The van der Waals surface area contributed by atoms with Crippen LogP contribution >= 0.6 is 15.6 Å². The second-order valence-electron chi connectivity index (χ2n) is 30.5. The Balaban J connectivity index is 5.19. The number of ether oxygens (including phenoxy) is 4. The minimum Gasteiger partial charge on any atom is -0.462 e. The van der Waals surface area contributed by atoms with E-state index in [-0.39, 0.29) is 25.7 Å². The number of phosphoric ester groups is 2. The van der Waals surface area contributed by atoms with E-state index in [4.69, 9.17) is 37.0 Å². The van der Waals surface area contributed by atoms with Crippen molar-refractivity contribution in [3.05, 3.63) is 0 Å². The van der Waals surface area contributed by atoms with Crippen LogP contribution in [0.25, 0.3) is 0 Å². The molecule has 0 amide bonds. The number of carbonyl (C=O) groups excluding carboxylic acids is 4. The van der Waals surface area contributed by atoms with Gasteiger partial charge in [0, 0.05) is 25.7 Å². The summed E-state index contributed by atoms with van der Waals surface area (Å²) in [6, 6.07) is 0. The molecule has 0 spiro atoms. The van der Waals surface area contributed by atoms with Crippen molar-refractivity contribution in [2.45, 2.75) is 427 Å². The molecule has 0 aromatic heterocycles. The molecule has 0 aromatic rings. The molecule has 0 saturated carbocycles. The van der Waals surface area contributed by atoms with Gasteiger partial charge in [0.05, 0.1) is 26.4 Å². The Bertz CT molecular complexity index is 1940. The summed E-state index contributed by atoms with van der Waals surface area (Å²) in [5.41, 5.74) is 0. The molecule has 6 atom stereocenters. The van der Waals surface area contributed by atoms with Crippen LogP contribution in [0.4, 0.5) is 0 Å². The highest BCUT2D eigenvalue weighted by molar-refractivity contribution is 7.47. The summed E-state index contributed by atoms with van der Waals surface area (Å²) in [4.78, 5) is 72.9. The number of unbranched alkanes of at least 4 members (excludes halogenated alkanes) is 42. The highest BCUT2D eigenvalue weighted by Crippen LogP contribution is 2.45. The van der Waals surface area contributed by atoms with Crippen molar-refractivity contribution >= 4 is 39.5 Å². The Morgan fingerprint density at radius 3 is 0.717 bits per heavy atom. The van der Waals surface area contributed by atoms with Crippen molar-refractivity contribution in [1.82, 2.24) is 0 Å². The summed E-state index contributed by atoms with van der Waals surface area (Å²) >= 11 is 0.